The fourth-order valence-corrected chi connectivity index (χ4v) is 7.46. The van der Waals surface area contributed by atoms with E-state index in [1.165, 1.54) is 0 Å². The molecular weight excluding hydrogens is 1020 g/mol. The Kier molecular flexibility index (Phi) is 19.1. The minimum atomic E-state index is -5.08. The lowest BCUT2D eigenvalue weighted by atomic mass is 9.72. The van der Waals surface area contributed by atoms with Gasteiger partial charge in [0.05, 0.1) is 0 Å². The number of carbonyl (C=O) groups excluding carboxylic acids is 3. The fraction of sp³-hybridized carbons (Fsp3) is 0.367. The molecule has 0 bridgehead atoms. The van der Waals surface area contributed by atoms with E-state index in [1.807, 2.05) is 36.4 Å². The first-order chi connectivity index (χ1) is 25.2. The molecule has 2 aromatic carbocycles. The number of rotatable bonds is 12. The summed E-state index contributed by atoms with van der Waals surface area (Å²) in [5, 5.41) is 14.2. The van der Waals surface area contributed by atoms with Gasteiger partial charge in [-0.2, -0.15) is 26.3 Å². The Hall–Kier alpha value is -3.97. The van der Waals surface area contributed by atoms with Crippen molar-refractivity contribution in [1.29, 1.82) is 0 Å². The summed E-state index contributed by atoms with van der Waals surface area (Å²) in [5.74, 6) is -6.85. The van der Waals surface area contributed by atoms with Crippen LogP contribution in [0.4, 0.5) is 31.1 Å². The number of imide groups is 2. The van der Waals surface area contributed by atoms with E-state index in [-0.39, 0.29) is 50.9 Å². The first-order valence-corrected chi connectivity index (χ1v) is 18.2. The van der Waals surface area contributed by atoms with Crippen LogP contribution in [0.2, 0.25) is 0 Å². The second-order valence-corrected chi connectivity index (χ2v) is 14.8. The van der Waals surface area contributed by atoms with Crippen LogP contribution in [-0.2, 0) is 32.0 Å². The number of hydrogen-bond donors (Lipinski definition) is 6. The average molecular weight is 1050 g/mol. The van der Waals surface area contributed by atoms with Crippen LogP contribution in [0.25, 0.3) is 0 Å². The predicted molar refractivity (Wildman–Crippen MR) is 200 cm³/mol. The molecule has 0 atom stereocenters. The van der Waals surface area contributed by atoms with Crippen molar-refractivity contribution in [3.8, 4) is 0 Å². The number of aliphatic carboxylic acids is 2. The number of aliphatic imine (C=N–C) groups is 2. The topological polar surface area (TPSA) is 261 Å². The highest BCUT2D eigenvalue weighted by Gasteiger charge is 2.57. The third-order valence-electron chi connectivity index (χ3n) is 6.78. The lowest BCUT2D eigenvalue weighted by Gasteiger charge is -2.44. The van der Waals surface area contributed by atoms with Gasteiger partial charge in [0.1, 0.15) is 5.41 Å². The average Bonchev–Trinajstić information content (AvgIpc) is 3.01. The van der Waals surface area contributed by atoms with E-state index in [1.54, 1.807) is 0 Å². The summed E-state index contributed by atoms with van der Waals surface area (Å²) in [7, 11) is 0. The number of halogens is 10. The molecule has 1 aliphatic heterocycles. The summed E-state index contributed by atoms with van der Waals surface area (Å²) in [5.41, 5.74) is 21.6. The second-order valence-electron chi connectivity index (χ2n) is 11.1. The third kappa shape index (κ3) is 16.3. The Labute approximate surface area is 342 Å². The number of alkyl halides is 6. The van der Waals surface area contributed by atoms with Crippen LogP contribution in [0.15, 0.2) is 64.3 Å². The van der Waals surface area contributed by atoms with Crippen molar-refractivity contribution in [2.75, 3.05) is 26.2 Å². The largest absolute Gasteiger partial charge is 0.490 e. The molecule has 3 rings (SSSR count). The molecule has 10 N–H and O–H groups in total. The van der Waals surface area contributed by atoms with Gasteiger partial charge in [-0.25, -0.2) is 14.4 Å². The van der Waals surface area contributed by atoms with Crippen LogP contribution in [-0.4, -0.2) is 100 Å². The van der Waals surface area contributed by atoms with Crippen molar-refractivity contribution in [1.82, 2.24) is 9.80 Å². The highest BCUT2D eigenvalue weighted by atomic mass is 79.9. The minimum absolute atomic E-state index is 0.0260. The van der Waals surface area contributed by atoms with Gasteiger partial charge in [0.15, 0.2) is 11.9 Å². The third-order valence-corrected chi connectivity index (χ3v) is 8.61. The van der Waals surface area contributed by atoms with Crippen LogP contribution < -0.4 is 22.9 Å². The van der Waals surface area contributed by atoms with Gasteiger partial charge in [0, 0.05) is 44.1 Å². The molecule has 55 heavy (non-hydrogen) atoms. The summed E-state index contributed by atoms with van der Waals surface area (Å²) in [6.45, 7) is 0.473. The van der Waals surface area contributed by atoms with E-state index >= 15 is 0 Å². The van der Waals surface area contributed by atoms with E-state index in [0.717, 1.165) is 38.8 Å². The number of carboxylic acid groups (broad SMARTS) is 2. The number of nitrogens with zero attached hydrogens (tertiary/aromatic N) is 4. The Morgan fingerprint density at radius 2 is 0.891 bits per heavy atom. The van der Waals surface area contributed by atoms with Gasteiger partial charge in [0.25, 0.3) is 0 Å². The number of amides is 4. The van der Waals surface area contributed by atoms with Crippen molar-refractivity contribution in [2.45, 2.75) is 38.0 Å². The molecular formula is C30H32Br4F6N8O7. The first-order valence-electron chi connectivity index (χ1n) is 15.0. The first kappa shape index (κ1) is 49.0. The van der Waals surface area contributed by atoms with Crippen molar-refractivity contribution < 1.29 is 60.5 Å². The standard InChI is InChI=1S/C26H30Br4N8O3.2C2HF3O2/c27-17-7-15(8-18(28)11-17)13-26(14-16-9-19(29)12-20(30)10-16)21(39)37(5-1-3-35-23(31)32)25(41)38(22(26)40)6-2-4-36-24(33)34;2*3-2(4,5)1(6)7/h7-12H,1-6,13-14H2,(H4,31,32,35)(H4,33,34,36);2*(H,6,7). The molecule has 0 saturated carbocycles. The number of hydrogen-bond acceptors (Lipinski definition) is 7. The van der Waals surface area contributed by atoms with Crippen LogP contribution in [0.3, 0.4) is 0 Å². The van der Waals surface area contributed by atoms with E-state index in [4.69, 9.17) is 42.7 Å². The fourth-order valence-electron chi connectivity index (χ4n) is 4.68. The summed E-state index contributed by atoms with van der Waals surface area (Å²) in [4.78, 5) is 70.4. The van der Waals surface area contributed by atoms with E-state index in [9.17, 15) is 40.7 Å². The maximum Gasteiger partial charge on any atom is 0.490 e. The Morgan fingerprint density at radius 1 is 0.618 bits per heavy atom. The predicted octanol–water partition coefficient (Wildman–Crippen LogP) is 4.89. The molecule has 0 unspecified atom stereocenters. The minimum Gasteiger partial charge on any atom is -0.475 e. The SMILES string of the molecule is NC(N)=NCCCN1C(=O)N(CCCN=C(N)N)C(=O)C(Cc2cc(Br)cc(Br)c2)(Cc2cc(Br)cc(Br)c2)C1=O.O=C(O)C(F)(F)F.O=C(O)C(F)(F)F. The zero-order chi connectivity index (χ0) is 42.5. The molecule has 0 spiro atoms. The smallest absolute Gasteiger partial charge is 0.475 e. The molecule has 1 saturated heterocycles. The number of urea groups is 1. The van der Waals surface area contributed by atoms with Gasteiger partial charge in [0.2, 0.25) is 11.8 Å². The van der Waals surface area contributed by atoms with Gasteiger partial charge >= 0.3 is 30.3 Å². The molecule has 304 valence electrons. The van der Waals surface area contributed by atoms with E-state index < -0.39 is 47.6 Å². The van der Waals surface area contributed by atoms with Gasteiger partial charge in [-0.05, 0) is 73.2 Å². The van der Waals surface area contributed by atoms with Gasteiger partial charge < -0.3 is 33.1 Å². The van der Waals surface area contributed by atoms with Crippen molar-refractivity contribution in [3.05, 3.63) is 65.4 Å². The Bertz CT molecular complexity index is 1620. The zero-order valence-electron chi connectivity index (χ0n) is 27.9. The molecule has 1 heterocycles. The molecule has 0 aromatic heterocycles. The van der Waals surface area contributed by atoms with Crippen LogP contribution >= 0.6 is 63.7 Å². The van der Waals surface area contributed by atoms with E-state index in [0.29, 0.717) is 12.8 Å². The molecule has 25 heteroatoms. The lowest BCUT2D eigenvalue weighted by Crippen LogP contribution is -2.66. The van der Waals surface area contributed by atoms with Gasteiger partial charge in [-0.3, -0.25) is 29.4 Å². The number of carbonyl (C=O) groups is 5. The van der Waals surface area contributed by atoms with Gasteiger partial charge in [-0.1, -0.05) is 63.7 Å². The van der Waals surface area contributed by atoms with Crippen LogP contribution in [0, 0.1) is 5.41 Å². The number of benzene rings is 2. The highest BCUT2D eigenvalue weighted by molar-refractivity contribution is 9.11. The molecule has 1 fully saturated rings. The van der Waals surface area contributed by atoms with Crippen molar-refractivity contribution in [3.63, 3.8) is 0 Å². The van der Waals surface area contributed by atoms with Crippen LogP contribution in [0.1, 0.15) is 24.0 Å². The van der Waals surface area contributed by atoms with Crippen molar-refractivity contribution >= 4 is 105 Å². The number of carboxylic acids is 2. The summed E-state index contributed by atoms with van der Waals surface area (Å²) < 4.78 is 66.6. The maximum atomic E-state index is 14.4. The van der Waals surface area contributed by atoms with Crippen LogP contribution in [0.5, 0.6) is 0 Å². The normalized spacial score (nSPS) is 13.9. The summed E-state index contributed by atoms with van der Waals surface area (Å²) in [6.07, 6.45) is -9.44. The monoisotopic (exact) mass is 1050 g/mol. The molecule has 15 nitrogen and oxygen atoms in total. The second kappa shape index (κ2) is 21.4. The molecule has 0 aliphatic carbocycles. The van der Waals surface area contributed by atoms with Crippen molar-refractivity contribution in [2.24, 2.45) is 38.3 Å². The summed E-state index contributed by atoms with van der Waals surface area (Å²) >= 11 is 14.0. The highest BCUT2D eigenvalue weighted by Crippen LogP contribution is 2.39. The number of barbiturate groups is 1. The molecule has 4 amide bonds. The number of nitrogens with two attached hydrogens (primary N) is 4. The Balaban J connectivity index is 0.000000913. The molecule has 0 radical (unpaired) electrons. The van der Waals surface area contributed by atoms with E-state index in [2.05, 4.69) is 73.7 Å². The van der Waals surface area contributed by atoms with Gasteiger partial charge in [-0.15, -0.1) is 0 Å². The lowest BCUT2D eigenvalue weighted by molar-refractivity contribution is -0.193. The summed E-state index contributed by atoms with van der Waals surface area (Å²) in [6, 6.07) is 10.4. The maximum absolute atomic E-state index is 14.4. The quantitative estimate of drug-likeness (QED) is 0.0548. The zero-order valence-corrected chi connectivity index (χ0v) is 34.3. The number of guanidine groups is 2. The Morgan fingerprint density at radius 3 is 1.13 bits per heavy atom. The molecule has 2 aromatic rings. The molecule has 1 aliphatic rings.